The highest BCUT2D eigenvalue weighted by atomic mass is 32.2. The lowest BCUT2D eigenvalue weighted by Crippen LogP contribution is -2.44. The molecule has 0 bridgehead atoms. The van der Waals surface area contributed by atoms with Crippen LogP contribution in [-0.4, -0.2) is 44.2 Å². The van der Waals surface area contributed by atoms with Crippen molar-refractivity contribution in [2.24, 2.45) is 0 Å². The van der Waals surface area contributed by atoms with Crippen molar-refractivity contribution in [3.05, 3.63) is 0 Å². The van der Waals surface area contributed by atoms with Gasteiger partial charge in [0.25, 0.3) is 0 Å². The van der Waals surface area contributed by atoms with E-state index in [4.69, 9.17) is 0 Å². The van der Waals surface area contributed by atoms with Crippen LogP contribution in [0.5, 0.6) is 0 Å². The normalized spacial score (nSPS) is 22.2. The smallest absolute Gasteiger partial charge is 0.214 e. The van der Waals surface area contributed by atoms with E-state index in [-0.39, 0.29) is 6.04 Å². The highest BCUT2D eigenvalue weighted by Crippen LogP contribution is 2.23. The van der Waals surface area contributed by atoms with E-state index in [1.54, 1.807) is 4.31 Å². The fraction of sp³-hybridized carbons (Fsp3) is 1.00. The van der Waals surface area contributed by atoms with E-state index in [1.165, 1.54) is 6.42 Å². The lowest BCUT2D eigenvalue weighted by Gasteiger charge is -2.34. The molecule has 108 valence electrons. The molecular weight excluding hydrogens is 248 g/mol. The third kappa shape index (κ3) is 4.86. The molecule has 0 aromatic rings. The number of unbranched alkanes of at least 4 members (excludes halogenated alkanes) is 1. The Balaban J connectivity index is 2.41. The lowest BCUT2D eigenvalue weighted by molar-refractivity contribution is 0.246. The van der Waals surface area contributed by atoms with Crippen LogP contribution < -0.4 is 5.32 Å². The fourth-order valence-electron chi connectivity index (χ4n) is 2.58. The molecule has 1 unspecified atom stereocenters. The van der Waals surface area contributed by atoms with Crippen LogP contribution in [0.1, 0.15) is 52.4 Å². The molecule has 1 rings (SSSR count). The Morgan fingerprint density at radius 3 is 2.67 bits per heavy atom. The molecule has 0 spiro atoms. The minimum Gasteiger partial charge on any atom is -0.317 e. The summed E-state index contributed by atoms with van der Waals surface area (Å²) in [6, 6.07) is 0.248. The molecule has 0 aliphatic carbocycles. The first-order valence-electron chi connectivity index (χ1n) is 7.32. The maximum absolute atomic E-state index is 12.3. The molecule has 1 heterocycles. The van der Waals surface area contributed by atoms with Gasteiger partial charge in [-0.15, -0.1) is 0 Å². The first kappa shape index (κ1) is 15.9. The van der Waals surface area contributed by atoms with E-state index in [0.29, 0.717) is 5.75 Å². The molecule has 1 aliphatic rings. The van der Waals surface area contributed by atoms with Crippen LogP contribution in [0.2, 0.25) is 0 Å². The predicted octanol–water partition coefficient (Wildman–Crippen LogP) is 1.97. The zero-order chi connectivity index (χ0) is 13.4. The summed E-state index contributed by atoms with van der Waals surface area (Å²) in [5.74, 6) is 0.314. The minimum absolute atomic E-state index is 0.248. The van der Waals surface area contributed by atoms with Crippen LogP contribution in [0, 0.1) is 0 Å². The fourth-order valence-corrected chi connectivity index (χ4v) is 4.50. The van der Waals surface area contributed by atoms with E-state index in [0.717, 1.165) is 51.7 Å². The zero-order valence-corrected chi connectivity index (χ0v) is 12.6. The molecule has 1 saturated heterocycles. The maximum Gasteiger partial charge on any atom is 0.214 e. The number of nitrogens with zero attached hydrogens (tertiary/aromatic N) is 1. The van der Waals surface area contributed by atoms with Gasteiger partial charge < -0.3 is 5.32 Å². The Labute approximate surface area is 112 Å². The summed E-state index contributed by atoms with van der Waals surface area (Å²) in [4.78, 5) is 0. The number of hydrogen-bond acceptors (Lipinski definition) is 3. The van der Waals surface area contributed by atoms with Gasteiger partial charge in [-0.3, -0.25) is 0 Å². The summed E-state index contributed by atoms with van der Waals surface area (Å²) >= 11 is 0. The Morgan fingerprint density at radius 1 is 1.22 bits per heavy atom. The molecule has 4 nitrogen and oxygen atoms in total. The van der Waals surface area contributed by atoms with Gasteiger partial charge >= 0.3 is 0 Å². The topological polar surface area (TPSA) is 49.4 Å². The van der Waals surface area contributed by atoms with Crippen molar-refractivity contribution in [3.63, 3.8) is 0 Å². The third-order valence-corrected chi connectivity index (χ3v) is 5.66. The average Bonchev–Trinajstić information content (AvgIpc) is 2.38. The summed E-state index contributed by atoms with van der Waals surface area (Å²) in [6.07, 6.45) is 5.88. The largest absolute Gasteiger partial charge is 0.317 e. The Bertz CT molecular complexity index is 317. The monoisotopic (exact) mass is 276 g/mol. The summed E-state index contributed by atoms with van der Waals surface area (Å²) in [5.41, 5.74) is 0. The Morgan fingerprint density at radius 2 is 2.00 bits per heavy atom. The van der Waals surface area contributed by atoms with Crippen LogP contribution in [0.3, 0.4) is 0 Å². The van der Waals surface area contributed by atoms with Gasteiger partial charge in [0, 0.05) is 12.6 Å². The summed E-state index contributed by atoms with van der Waals surface area (Å²) in [6.45, 7) is 6.76. The molecule has 18 heavy (non-hydrogen) atoms. The van der Waals surface area contributed by atoms with Gasteiger partial charge in [0.1, 0.15) is 0 Å². The number of hydrogen-bond donors (Lipinski definition) is 1. The molecule has 1 fully saturated rings. The molecule has 1 atom stereocenters. The van der Waals surface area contributed by atoms with Crippen LogP contribution in [0.25, 0.3) is 0 Å². The van der Waals surface area contributed by atoms with Crippen LogP contribution in [0.4, 0.5) is 0 Å². The lowest BCUT2D eigenvalue weighted by atomic mass is 10.0. The van der Waals surface area contributed by atoms with E-state index < -0.39 is 10.0 Å². The maximum atomic E-state index is 12.3. The van der Waals surface area contributed by atoms with Crippen molar-refractivity contribution >= 4 is 10.0 Å². The number of nitrogens with one attached hydrogen (secondary N) is 1. The average molecular weight is 276 g/mol. The quantitative estimate of drug-likeness (QED) is 0.690. The molecular formula is C13H28N2O2S. The summed E-state index contributed by atoms with van der Waals surface area (Å²) < 4.78 is 26.4. The molecule has 0 amide bonds. The third-order valence-electron chi connectivity index (χ3n) is 3.66. The van der Waals surface area contributed by atoms with E-state index in [2.05, 4.69) is 19.2 Å². The van der Waals surface area contributed by atoms with Gasteiger partial charge in [0.2, 0.25) is 10.0 Å². The zero-order valence-electron chi connectivity index (χ0n) is 11.8. The van der Waals surface area contributed by atoms with E-state index in [1.807, 2.05) is 0 Å². The second kappa shape index (κ2) is 8.12. The van der Waals surface area contributed by atoms with Crippen molar-refractivity contribution in [3.8, 4) is 0 Å². The highest BCUT2D eigenvalue weighted by Gasteiger charge is 2.30. The van der Waals surface area contributed by atoms with Crippen LogP contribution >= 0.6 is 0 Å². The van der Waals surface area contributed by atoms with E-state index in [9.17, 15) is 8.42 Å². The van der Waals surface area contributed by atoms with E-state index >= 15 is 0 Å². The Hall–Kier alpha value is -0.130. The van der Waals surface area contributed by atoms with Crippen LogP contribution in [-0.2, 0) is 10.0 Å². The van der Waals surface area contributed by atoms with Gasteiger partial charge in [-0.25, -0.2) is 8.42 Å². The molecule has 1 N–H and O–H groups in total. The van der Waals surface area contributed by atoms with Gasteiger partial charge in [-0.05, 0) is 45.2 Å². The molecule has 0 aromatic heterocycles. The molecule has 0 radical (unpaired) electrons. The Kier molecular flexibility index (Phi) is 7.19. The predicted molar refractivity (Wildman–Crippen MR) is 76.2 cm³/mol. The second-order valence-corrected chi connectivity index (χ2v) is 7.09. The number of rotatable bonds is 8. The van der Waals surface area contributed by atoms with Crippen molar-refractivity contribution in [1.29, 1.82) is 0 Å². The molecule has 5 heteroatoms. The van der Waals surface area contributed by atoms with Crippen molar-refractivity contribution in [2.75, 3.05) is 25.4 Å². The van der Waals surface area contributed by atoms with Gasteiger partial charge in [-0.2, -0.15) is 4.31 Å². The standard InChI is InChI=1S/C13H28N2O2S/c1-3-13-9-5-7-11-15(13)18(16,17)12-8-6-10-14-4-2/h13-14H,3-12H2,1-2H3. The first-order chi connectivity index (χ1) is 8.61. The summed E-state index contributed by atoms with van der Waals surface area (Å²) in [5, 5.41) is 3.23. The van der Waals surface area contributed by atoms with Crippen molar-refractivity contribution in [2.45, 2.75) is 58.4 Å². The first-order valence-corrected chi connectivity index (χ1v) is 8.93. The van der Waals surface area contributed by atoms with Gasteiger partial charge in [-0.1, -0.05) is 20.3 Å². The summed E-state index contributed by atoms with van der Waals surface area (Å²) in [7, 11) is -3.03. The van der Waals surface area contributed by atoms with Crippen molar-refractivity contribution < 1.29 is 8.42 Å². The second-order valence-electron chi connectivity index (χ2n) is 5.05. The number of piperidine rings is 1. The molecule has 1 aliphatic heterocycles. The highest BCUT2D eigenvalue weighted by molar-refractivity contribution is 7.89. The molecule has 0 saturated carbocycles. The van der Waals surface area contributed by atoms with Crippen LogP contribution in [0.15, 0.2) is 0 Å². The SMILES string of the molecule is CCNCCCCS(=O)(=O)N1CCCCC1CC. The van der Waals surface area contributed by atoms with Gasteiger partial charge in [0.15, 0.2) is 0 Å². The minimum atomic E-state index is -3.03. The van der Waals surface area contributed by atoms with Crippen molar-refractivity contribution in [1.82, 2.24) is 9.62 Å². The van der Waals surface area contributed by atoms with Gasteiger partial charge in [0.05, 0.1) is 5.75 Å². The molecule has 0 aromatic carbocycles. The number of sulfonamides is 1.